The lowest BCUT2D eigenvalue weighted by Gasteiger charge is -2.31. The van der Waals surface area contributed by atoms with Crippen LogP contribution in [0.5, 0.6) is 0 Å². The van der Waals surface area contributed by atoms with Gasteiger partial charge < -0.3 is 9.88 Å². The number of nitrogens with zero attached hydrogens (tertiary/aromatic N) is 4. The second-order valence-electron chi connectivity index (χ2n) is 7.92. The molecule has 0 spiro atoms. The molecule has 0 amide bonds. The molecule has 2 aromatic heterocycles. The first-order valence-corrected chi connectivity index (χ1v) is 11.4. The number of halogens is 7. The van der Waals surface area contributed by atoms with Gasteiger partial charge in [-0.15, -0.1) is 0 Å². The number of rotatable bonds is 7. The van der Waals surface area contributed by atoms with Gasteiger partial charge in [0, 0.05) is 37.8 Å². The van der Waals surface area contributed by atoms with Gasteiger partial charge in [0.2, 0.25) is 5.95 Å². The summed E-state index contributed by atoms with van der Waals surface area (Å²) in [5.74, 6) is 0.565. The Morgan fingerprint density at radius 1 is 0.833 bits per heavy atom. The normalized spacial score (nSPS) is 13.0. The van der Waals surface area contributed by atoms with Crippen molar-refractivity contribution in [2.45, 2.75) is 31.4 Å². The molecule has 4 rings (SSSR count). The summed E-state index contributed by atoms with van der Waals surface area (Å²) in [6.45, 7) is -0.340. The number of imidazole rings is 1. The highest BCUT2D eigenvalue weighted by molar-refractivity contribution is 9.10. The van der Waals surface area contributed by atoms with Gasteiger partial charge in [0.25, 0.3) is 0 Å². The fourth-order valence-electron chi connectivity index (χ4n) is 3.73. The van der Waals surface area contributed by atoms with Crippen LogP contribution < -0.4 is 4.90 Å². The predicted octanol–water partition coefficient (Wildman–Crippen LogP) is 6.99. The molecule has 2 heterocycles. The van der Waals surface area contributed by atoms with Crippen LogP contribution >= 0.6 is 15.9 Å². The van der Waals surface area contributed by atoms with E-state index in [4.69, 9.17) is 0 Å². The average Bonchev–Trinajstić information content (AvgIpc) is 3.36. The molecule has 0 saturated heterocycles. The Labute approximate surface area is 210 Å². The van der Waals surface area contributed by atoms with Crippen LogP contribution in [0.25, 0.3) is 0 Å². The van der Waals surface area contributed by atoms with Gasteiger partial charge >= 0.3 is 12.4 Å². The number of nitrogens with one attached hydrogen (secondary N) is 1. The minimum absolute atomic E-state index is 0.109. The van der Waals surface area contributed by atoms with E-state index in [1.54, 1.807) is 6.20 Å². The van der Waals surface area contributed by atoms with Gasteiger partial charge in [-0.3, -0.25) is 0 Å². The number of alkyl halides is 6. The molecule has 0 aliphatic carbocycles. The van der Waals surface area contributed by atoms with E-state index in [0.717, 1.165) is 5.56 Å². The van der Waals surface area contributed by atoms with E-state index < -0.39 is 29.5 Å². The summed E-state index contributed by atoms with van der Waals surface area (Å²) >= 11 is 3.24. The van der Waals surface area contributed by atoms with E-state index in [0.29, 0.717) is 28.9 Å². The molecule has 0 aliphatic heterocycles. The zero-order valence-electron chi connectivity index (χ0n) is 18.4. The molecule has 4 aromatic rings. The highest BCUT2D eigenvalue weighted by atomic mass is 79.9. The summed E-state index contributed by atoms with van der Waals surface area (Å²) in [7, 11) is 0. The number of aromatic nitrogens is 4. The molecule has 5 nitrogen and oxygen atoms in total. The number of H-pyrrole nitrogens is 1. The van der Waals surface area contributed by atoms with Gasteiger partial charge in [0.05, 0.1) is 21.6 Å². The van der Waals surface area contributed by atoms with Gasteiger partial charge in [-0.1, -0.05) is 30.3 Å². The Morgan fingerprint density at radius 3 is 1.97 bits per heavy atom. The van der Waals surface area contributed by atoms with Crippen molar-refractivity contribution in [1.29, 1.82) is 0 Å². The van der Waals surface area contributed by atoms with Crippen molar-refractivity contribution >= 4 is 21.9 Å². The van der Waals surface area contributed by atoms with E-state index in [1.165, 1.54) is 23.5 Å². The molecule has 1 atom stereocenters. The maximum absolute atomic E-state index is 13.5. The van der Waals surface area contributed by atoms with Crippen molar-refractivity contribution < 1.29 is 26.3 Å². The Balaban J connectivity index is 1.83. The maximum Gasteiger partial charge on any atom is 0.416 e. The highest BCUT2D eigenvalue weighted by Gasteiger charge is 2.37. The van der Waals surface area contributed by atoms with Gasteiger partial charge in [0.1, 0.15) is 5.82 Å². The largest absolute Gasteiger partial charge is 0.416 e. The standard InChI is InChI=1S/C24H18BrF6N5/c25-19-12-34-22(35-13-19)36(20(21-32-6-7-33-21)10-15-4-2-1-3-5-15)14-16-8-17(23(26,27)28)11-18(9-16)24(29,30)31/h1-9,11-13,20H,10,14H2,(H,32,33). The minimum atomic E-state index is -4.96. The molecule has 0 fully saturated rings. The number of aromatic amines is 1. The lowest BCUT2D eigenvalue weighted by molar-refractivity contribution is -0.143. The van der Waals surface area contributed by atoms with E-state index >= 15 is 0 Å². The number of hydrogen-bond acceptors (Lipinski definition) is 4. The molecule has 0 aliphatic rings. The molecule has 36 heavy (non-hydrogen) atoms. The summed E-state index contributed by atoms with van der Waals surface area (Å²) in [6.07, 6.45) is -3.59. The molecule has 2 aromatic carbocycles. The van der Waals surface area contributed by atoms with Crippen LogP contribution in [-0.2, 0) is 25.3 Å². The van der Waals surface area contributed by atoms with Crippen molar-refractivity contribution in [3.8, 4) is 0 Å². The van der Waals surface area contributed by atoms with Crippen LogP contribution in [0.4, 0.5) is 32.3 Å². The smallest absolute Gasteiger partial charge is 0.347 e. The molecule has 0 radical (unpaired) electrons. The fraction of sp³-hybridized carbons (Fsp3) is 0.208. The number of benzene rings is 2. The van der Waals surface area contributed by atoms with Gasteiger partial charge in [-0.05, 0) is 45.3 Å². The van der Waals surface area contributed by atoms with Crippen molar-refractivity contribution in [2.24, 2.45) is 0 Å². The minimum Gasteiger partial charge on any atom is -0.347 e. The van der Waals surface area contributed by atoms with Gasteiger partial charge in [0.15, 0.2) is 0 Å². The third-order valence-electron chi connectivity index (χ3n) is 5.35. The van der Waals surface area contributed by atoms with E-state index in [9.17, 15) is 26.3 Å². The second kappa shape index (κ2) is 10.3. The Hall–Kier alpha value is -3.41. The summed E-state index contributed by atoms with van der Waals surface area (Å²) in [4.78, 5) is 17.4. The third kappa shape index (κ3) is 6.23. The predicted molar refractivity (Wildman–Crippen MR) is 124 cm³/mol. The Kier molecular flexibility index (Phi) is 7.34. The average molecular weight is 570 g/mol. The van der Waals surface area contributed by atoms with Crippen LogP contribution in [0.15, 0.2) is 77.8 Å². The lowest BCUT2D eigenvalue weighted by Crippen LogP contribution is -2.32. The van der Waals surface area contributed by atoms with Gasteiger partial charge in [-0.2, -0.15) is 26.3 Å². The number of hydrogen-bond donors (Lipinski definition) is 1. The van der Waals surface area contributed by atoms with E-state index in [1.807, 2.05) is 30.3 Å². The molecule has 188 valence electrons. The second-order valence-corrected chi connectivity index (χ2v) is 8.84. The lowest BCUT2D eigenvalue weighted by atomic mass is 10.0. The third-order valence-corrected chi connectivity index (χ3v) is 5.76. The Morgan fingerprint density at radius 2 is 1.44 bits per heavy atom. The first-order valence-electron chi connectivity index (χ1n) is 10.6. The Bertz CT molecular complexity index is 1240. The van der Waals surface area contributed by atoms with Crippen LogP contribution in [-0.4, -0.2) is 19.9 Å². The SMILES string of the molecule is FC(F)(F)c1cc(CN(c2ncc(Br)cn2)C(Cc2ccccc2)c2ncc[nH]2)cc(C(F)(F)F)c1. The molecule has 1 N–H and O–H groups in total. The van der Waals surface area contributed by atoms with Crippen LogP contribution in [0, 0.1) is 0 Å². The van der Waals surface area contributed by atoms with E-state index in [-0.39, 0.29) is 24.1 Å². The van der Waals surface area contributed by atoms with Crippen molar-refractivity contribution in [3.63, 3.8) is 0 Å². The first-order chi connectivity index (χ1) is 17.0. The molecule has 1 unspecified atom stereocenters. The summed E-state index contributed by atoms with van der Waals surface area (Å²) in [5.41, 5.74) is -2.10. The van der Waals surface area contributed by atoms with E-state index in [2.05, 4.69) is 35.9 Å². The summed E-state index contributed by atoms with van der Waals surface area (Å²) in [5, 5.41) is 0. The monoisotopic (exact) mass is 569 g/mol. The maximum atomic E-state index is 13.5. The highest BCUT2D eigenvalue weighted by Crippen LogP contribution is 2.37. The van der Waals surface area contributed by atoms with Crippen molar-refractivity contribution in [3.05, 3.63) is 106 Å². The van der Waals surface area contributed by atoms with Crippen molar-refractivity contribution in [2.75, 3.05) is 4.90 Å². The molecule has 0 saturated carbocycles. The molecular formula is C24H18BrF6N5. The molecular weight excluding hydrogens is 552 g/mol. The number of anilines is 1. The van der Waals surface area contributed by atoms with Crippen molar-refractivity contribution in [1.82, 2.24) is 19.9 Å². The molecule has 12 heteroatoms. The van der Waals surface area contributed by atoms with Gasteiger partial charge in [-0.25, -0.2) is 15.0 Å². The van der Waals surface area contributed by atoms with Crippen LogP contribution in [0.2, 0.25) is 0 Å². The summed E-state index contributed by atoms with van der Waals surface area (Å²) in [6, 6.07) is 10.1. The zero-order chi connectivity index (χ0) is 25.9. The summed E-state index contributed by atoms with van der Waals surface area (Å²) < 4.78 is 81.5. The quantitative estimate of drug-likeness (QED) is 0.244. The first kappa shape index (κ1) is 25.7. The zero-order valence-corrected chi connectivity index (χ0v) is 19.9. The topological polar surface area (TPSA) is 57.7 Å². The van der Waals surface area contributed by atoms with Crippen LogP contribution in [0.3, 0.4) is 0 Å². The van der Waals surface area contributed by atoms with Crippen LogP contribution in [0.1, 0.15) is 34.1 Å². The fourth-order valence-corrected chi connectivity index (χ4v) is 3.94. The molecule has 0 bridgehead atoms.